The monoisotopic (exact) mass is 578 g/mol. The minimum atomic E-state index is -3.74. The fraction of sp³-hybridized carbons (Fsp3) is 0.593. The predicted octanol–water partition coefficient (Wildman–Crippen LogP) is 3.64. The van der Waals surface area contributed by atoms with Crippen LogP contribution in [0.25, 0.3) is 0 Å². The minimum Gasteiger partial charge on any atom is -0.395 e. The third-order valence-electron chi connectivity index (χ3n) is 8.15. The van der Waals surface area contributed by atoms with Crippen LogP contribution < -0.4 is 19.8 Å². The molecule has 2 saturated heterocycles. The van der Waals surface area contributed by atoms with Crippen molar-refractivity contribution in [3.8, 4) is 0 Å². The molecule has 0 unspecified atom stereocenters. The first kappa shape index (κ1) is 28.5. The number of hydrogen-bond donors (Lipinski definition) is 3. The van der Waals surface area contributed by atoms with Crippen molar-refractivity contribution in [1.82, 2.24) is 9.97 Å². The van der Waals surface area contributed by atoms with Crippen LogP contribution in [0.2, 0.25) is 0 Å². The van der Waals surface area contributed by atoms with Gasteiger partial charge >= 0.3 is 0 Å². The summed E-state index contributed by atoms with van der Waals surface area (Å²) in [6, 6.07) is 6.44. The van der Waals surface area contributed by atoms with Gasteiger partial charge in [0.15, 0.2) is 0 Å². The van der Waals surface area contributed by atoms with Crippen LogP contribution in [0.5, 0.6) is 0 Å². The van der Waals surface area contributed by atoms with Crippen molar-refractivity contribution in [2.24, 2.45) is 5.41 Å². The number of halogens is 2. The van der Waals surface area contributed by atoms with Crippen LogP contribution in [0, 0.1) is 5.41 Å². The average Bonchev–Trinajstić information content (AvgIpc) is 3.67. The van der Waals surface area contributed by atoms with E-state index in [9.17, 15) is 22.0 Å². The zero-order chi connectivity index (χ0) is 28.5. The van der Waals surface area contributed by atoms with Crippen LogP contribution in [0.1, 0.15) is 61.5 Å². The van der Waals surface area contributed by atoms with Crippen LogP contribution in [0.15, 0.2) is 24.3 Å². The summed E-state index contributed by atoms with van der Waals surface area (Å²) < 4.78 is 54.4. The van der Waals surface area contributed by atoms with Crippen molar-refractivity contribution < 1.29 is 27.1 Å². The van der Waals surface area contributed by atoms with Gasteiger partial charge in [-0.3, -0.25) is 9.52 Å². The summed E-state index contributed by atoms with van der Waals surface area (Å²) in [5, 5.41) is 11.9. The number of amides is 1. The molecule has 0 radical (unpaired) electrons. The standard InChI is InChI=1S/C27H36F2N6O4S/c1-2-19-18-23(32-25(30-19)35-13-9-27(28,29)10-14-35)31-24(37)21-4-3-20(33-40(38,39)16-15-36)17-22(21)34-11-7-26(5-6-26)8-12-34/h3-4,17-18,33,36H,2,5-16H2,1H3,(H,30,31,32,37). The number of piperidine rings is 2. The van der Waals surface area contributed by atoms with E-state index in [1.54, 1.807) is 23.1 Å². The maximum absolute atomic E-state index is 13.7. The van der Waals surface area contributed by atoms with Crippen molar-refractivity contribution in [1.29, 1.82) is 0 Å². The molecular weight excluding hydrogens is 542 g/mol. The summed E-state index contributed by atoms with van der Waals surface area (Å²) in [7, 11) is -3.74. The van der Waals surface area contributed by atoms with Crippen LogP contribution in [-0.2, 0) is 16.4 Å². The van der Waals surface area contributed by atoms with Crippen molar-refractivity contribution in [3.63, 3.8) is 0 Å². The minimum absolute atomic E-state index is 0.127. The summed E-state index contributed by atoms with van der Waals surface area (Å²) in [6.07, 6.45) is 4.49. The highest BCUT2D eigenvalue weighted by molar-refractivity contribution is 7.92. The number of nitrogens with one attached hydrogen (secondary N) is 2. The van der Waals surface area contributed by atoms with E-state index in [-0.39, 0.29) is 31.7 Å². The molecule has 40 heavy (non-hydrogen) atoms. The molecule has 0 bridgehead atoms. The number of alkyl halides is 2. The van der Waals surface area contributed by atoms with E-state index in [1.165, 1.54) is 18.9 Å². The Morgan fingerprint density at radius 1 is 1.00 bits per heavy atom. The molecule has 2 aliphatic heterocycles. The Kier molecular flexibility index (Phi) is 7.88. The molecule has 5 rings (SSSR count). The molecule has 1 spiro atoms. The van der Waals surface area contributed by atoms with E-state index >= 15 is 0 Å². The topological polar surface area (TPSA) is 128 Å². The van der Waals surface area contributed by atoms with Crippen LogP contribution >= 0.6 is 0 Å². The molecule has 1 aliphatic carbocycles. The Morgan fingerprint density at radius 3 is 2.30 bits per heavy atom. The van der Waals surface area contributed by atoms with E-state index in [0.717, 1.165) is 25.9 Å². The quantitative estimate of drug-likeness (QED) is 0.412. The van der Waals surface area contributed by atoms with Gasteiger partial charge in [0.1, 0.15) is 5.82 Å². The second-order valence-corrected chi connectivity index (χ2v) is 12.9. The maximum Gasteiger partial charge on any atom is 0.258 e. The van der Waals surface area contributed by atoms with Gasteiger partial charge in [0.2, 0.25) is 16.0 Å². The van der Waals surface area contributed by atoms with Crippen molar-refractivity contribution in [3.05, 3.63) is 35.5 Å². The lowest BCUT2D eigenvalue weighted by Gasteiger charge is -2.35. The van der Waals surface area contributed by atoms with Crippen LogP contribution in [0.4, 0.5) is 31.9 Å². The highest BCUT2D eigenvalue weighted by atomic mass is 32.2. The predicted molar refractivity (Wildman–Crippen MR) is 150 cm³/mol. The molecule has 10 nitrogen and oxygen atoms in total. The maximum atomic E-state index is 13.7. The molecule has 2 aromatic rings. The zero-order valence-corrected chi connectivity index (χ0v) is 23.4. The zero-order valence-electron chi connectivity index (χ0n) is 22.6. The molecule has 3 heterocycles. The fourth-order valence-electron chi connectivity index (χ4n) is 5.39. The summed E-state index contributed by atoms with van der Waals surface area (Å²) in [6.45, 7) is 3.18. The third kappa shape index (κ3) is 6.63. The van der Waals surface area contributed by atoms with E-state index in [1.807, 2.05) is 6.92 Å². The number of aliphatic hydroxyl groups excluding tert-OH is 1. The highest BCUT2D eigenvalue weighted by Crippen LogP contribution is 2.54. The number of sulfonamides is 1. The molecule has 0 atom stereocenters. The molecule has 1 aromatic carbocycles. The number of anilines is 4. The van der Waals surface area contributed by atoms with Crippen LogP contribution in [0.3, 0.4) is 0 Å². The van der Waals surface area contributed by atoms with Gasteiger partial charge in [-0.1, -0.05) is 6.92 Å². The third-order valence-corrected chi connectivity index (χ3v) is 9.41. The van der Waals surface area contributed by atoms with Gasteiger partial charge in [-0.15, -0.1) is 0 Å². The SMILES string of the molecule is CCc1cc(NC(=O)c2ccc(NS(=O)(=O)CCO)cc2N2CCC3(CC2)CC3)nc(N2CCC(F)(F)CC2)n1. The molecule has 13 heteroatoms. The number of aryl methyl sites for hydroxylation is 1. The van der Waals surface area contributed by atoms with Gasteiger partial charge < -0.3 is 20.2 Å². The number of carbonyl (C=O) groups excluding carboxylic acids is 1. The Hall–Kier alpha value is -3.06. The van der Waals surface area contributed by atoms with Crippen molar-refractivity contribution in [2.75, 3.05) is 58.4 Å². The normalized spacial score (nSPS) is 19.9. The Balaban J connectivity index is 1.40. The molecule has 3 fully saturated rings. The Morgan fingerprint density at radius 2 is 1.68 bits per heavy atom. The van der Waals surface area contributed by atoms with E-state index in [4.69, 9.17) is 5.11 Å². The van der Waals surface area contributed by atoms with E-state index in [0.29, 0.717) is 40.4 Å². The van der Waals surface area contributed by atoms with Gasteiger partial charge in [-0.05, 0) is 55.7 Å². The van der Waals surface area contributed by atoms with Gasteiger partial charge in [-0.2, -0.15) is 4.98 Å². The smallest absolute Gasteiger partial charge is 0.258 e. The Bertz CT molecular complexity index is 1350. The van der Waals surface area contributed by atoms with Crippen molar-refractivity contribution >= 4 is 39.1 Å². The van der Waals surface area contributed by atoms with Gasteiger partial charge in [-0.25, -0.2) is 22.2 Å². The summed E-state index contributed by atoms with van der Waals surface area (Å²) in [5.74, 6) is -2.95. The number of benzene rings is 1. The molecule has 1 aromatic heterocycles. The first-order chi connectivity index (χ1) is 19.0. The molecule has 1 amide bonds. The first-order valence-electron chi connectivity index (χ1n) is 13.8. The van der Waals surface area contributed by atoms with Crippen LogP contribution in [-0.4, -0.2) is 73.9 Å². The number of nitrogens with zero attached hydrogens (tertiary/aromatic N) is 4. The lowest BCUT2D eigenvalue weighted by molar-refractivity contribution is -0.0222. The number of aromatic nitrogens is 2. The molecule has 218 valence electrons. The summed E-state index contributed by atoms with van der Waals surface area (Å²) >= 11 is 0. The molecule has 3 aliphatic rings. The van der Waals surface area contributed by atoms with Gasteiger partial charge in [0.05, 0.1) is 29.3 Å². The number of carbonyl (C=O) groups is 1. The molecular formula is C27H36F2N6O4S. The van der Waals surface area contributed by atoms with E-state index in [2.05, 4.69) is 24.9 Å². The Labute approximate surface area is 233 Å². The largest absolute Gasteiger partial charge is 0.395 e. The number of aliphatic hydroxyl groups is 1. The summed E-state index contributed by atoms with van der Waals surface area (Å²) in [5.41, 5.74) is 2.38. The second-order valence-electron chi connectivity index (χ2n) is 11.1. The molecule has 1 saturated carbocycles. The second kappa shape index (κ2) is 11.1. The first-order valence-corrected chi connectivity index (χ1v) is 15.5. The van der Waals surface area contributed by atoms with E-state index < -0.39 is 34.2 Å². The fourth-order valence-corrected chi connectivity index (χ4v) is 6.21. The number of rotatable bonds is 9. The van der Waals surface area contributed by atoms with Crippen molar-refractivity contribution in [2.45, 2.75) is 57.8 Å². The number of hydrogen-bond acceptors (Lipinski definition) is 8. The summed E-state index contributed by atoms with van der Waals surface area (Å²) in [4.78, 5) is 26.4. The average molecular weight is 579 g/mol. The van der Waals surface area contributed by atoms with Gasteiger partial charge in [0.25, 0.3) is 11.8 Å². The highest BCUT2D eigenvalue weighted by Gasteiger charge is 2.44. The molecule has 3 N–H and O–H groups in total. The lowest BCUT2D eigenvalue weighted by atomic mass is 9.93. The van der Waals surface area contributed by atoms with Gasteiger partial charge in [0, 0.05) is 50.8 Å². The lowest BCUT2D eigenvalue weighted by Crippen LogP contribution is -2.40.